The Morgan fingerprint density at radius 3 is 2.59 bits per heavy atom. The second-order valence-electron chi connectivity index (χ2n) is 14.2. The summed E-state index contributed by atoms with van der Waals surface area (Å²) < 4.78 is 15.0. The van der Waals surface area contributed by atoms with Crippen molar-refractivity contribution in [1.82, 2.24) is 30.4 Å². The number of benzene rings is 1. The molecule has 3 aromatic heterocycles. The molecule has 4 heterocycles. The highest BCUT2D eigenvalue weighted by Gasteiger charge is 2.17. The van der Waals surface area contributed by atoms with Gasteiger partial charge in [0.05, 0.1) is 22.8 Å². The third-order valence-electron chi connectivity index (χ3n) is 10.4. The van der Waals surface area contributed by atoms with Gasteiger partial charge >= 0.3 is 0 Å². The first-order valence-corrected chi connectivity index (χ1v) is 18.7. The van der Waals surface area contributed by atoms with Crippen LogP contribution in [0, 0.1) is 11.7 Å². The predicted octanol–water partition coefficient (Wildman–Crippen LogP) is 9.01. The summed E-state index contributed by atoms with van der Waals surface area (Å²) in [4.78, 5) is 10.6. The number of hydrogen-bond acceptors (Lipinski definition) is 4. The topological polar surface area (TPSA) is 72.6 Å². The molecule has 0 amide bonds. The van der Waals surface area contributed by atoms with Crippen LogP contribution in [0.1, 0.15) is 77.2 Å². The van der Waals surface area contributed by atoms with E-state index in [1.54, 1.807) is 12.1 Å². The number of fused-ring (bicyclic) bond motifs is 1. The lowest BCUT2D eigenvalue weighted by molar-refractivity contribution is 0.334. The SMILES string of the molecule is C=C/C(=C\C(=C/C)C(=C)/C=c1/c(-c2cc3c(-c4cc(F)cc(CCCN5CCCC5)c4)cncc3[nH]2)n[nH]/c1=C/C)NC(=C)CC1CCCCC1. The van der Waals surface area contributed by atoms with Crippen LogP contribution in [0.2, 0.25) is 0 Å². The molecule has 0 radical (unpaired) electrons. The fourth-order valence-electron chi connectivity index (χ4n) is 7.74. The number of aromatic amines is 2. The molecular weight excluding hydrogens is 632 g/mol. The molecule has 2 fully saturated rings. The maximum Gasteiger partial charge on any atom is 0.124 e. The van der Waals surface area contributed by atoms with Gasteiger partial charge in [0.25, 0.3) is 0 Å². The molecule has 4 aromatic rings. The molecule has 51 heavy (non-hydrogen) atoms. The average Bonchev–Trinajstić information content (AvgIpc) is 3.90. The molecule has 2 aliphatic rings. The number of pyridine rings is 1. The van der Waals surface area contributed by atoms with Crippen LogP contribution in [0.5, 0.6) is 0 Å². The molecule has 6 rings (SSSR count). The van der Waals surface area contributed by atoms with E-state index >= 15 is 0 Å². The van der Waals surface area contributed by atoms with E-state index in [1.165, 1.54) is 58.0 Å². The minimum atomic E-state index is -0.223. The number of nitrogens with one attached hydrogen (secondary N) is 3. The van der Waals surface area contributed by atoms with E-state index in [0.717, 1.165) is 97.9 Å². The van der Waals surface area contributed by atoms with Gasteiger partial charge in [-0.2, -0.15) is 5.10 Å². The normalized spacial score (nSPS) is 17.1. The van der Waals surface area contributed by atoms with Crippen LogP contribution in [0.25, 0.3) is 45.6 Å². The van der Waals surface area contributed by atoms with E-state index in [9.17, 15) is 4.39 Å². The Labute approximate surface area is 302 Å². The van der Waals surface area contributed by atoms with Gasteiger partial charge in [0.1, 0.15) is 11.5 Å². The molecule has 0 spiro atoms. The van der Waals surface area contributed by atoms with Crippen molar-refractivity contribution < 1.29 is 4.39 Å². The van der Waals surface area contributed by atoms with Crippen molar-refractivity contribution in [2.24, 2.45) is 5.92 Å². The van der Waals surface area contributed by atoms with E-state index in [1.807, 2.05) is 38.4 Å². The lowest BCUT2D eigenvalue weighted by atomic mass is 9.86. The van der Waals surface area contributed by atoms with Gasteiger partial charge in [-0.3, -0.25) is 10.1 Å². The zero-order valence-electron chi connectivity index (χ0n) is 30.5. The van der Waals surface area contributed by atoms with Gasteiger partial charge in [-0.15, -0.1) is 0 Å². The monoisotopic (exact) mass is 684 g/mol. The predicted molar refractivity (Wildman–Crippen MR) is 212 cm³/mol. The molecular formula is C44H53FN6. The summed E-state index contributed by atoms with van der Waals surface area (Å²) in [7, 11) is 0. The van der Waals surface area contributed by atoms with Crippen LogP contribution in [0.3, 0.4) is 0 Å². The Kier molecular flexibility index (Phi) is 12.0. The molecule has 6 nitrogen and oxygen atoms in total. The van der Waals surface area contributed by atoms with Gasteiger partial charge < -0.3 is 15.2 Å². The van der Waals surface area contributed by atoms with Crippen molar-refractivity contribution in [3.63, 3.8) is 0 Å². The minimum absolute atomic E-state index is 0.223. The van der Waals surface area contributed by atoms with E-state index in [4.69, 9.17) is 5.10 Å². The molecule has 1 saturated heterocycles. The van der Waals surface area contributed by atoms with Crippen LogP contribution >= 0.6 is 0 Å². The first kappa shape index (κ1) is 36.1. The van der Waals surface area contributed by atoms with Crippen LogP contribution in [-0.4, -0.2) is 44.7 Å². The summed E-state index contributed by atoms with van der Waals surface area (Å²) in [5.41, 5.74) is 8.96. The molecule has 266 valence electrons. The smallest absolute Gasteiger partial charge is 0.124 e. The zero-order chi connectivity index (χ0) is 35.7. The maximum atomic E-state index is 15.0. The van der Waals surface area contributed by atoms with Crippen molar-refractivity contribution in [1.29, 1.82) is 0 Å². The zero-order valence-corrected chi connectivity index (χ0v) is 30.5. The fourth-order valence-corrected chi connectivity index (χ4v) is 7.74. The van der Waals surface area contributed by atoms with Crippen LogP contribution in [-0.2, 0) is 6.42 Å². The molecule has 0 unspecified atom stereocenters. The average molecular weight is 685 g/mol. The summed E-state index contributed by atoms with van der Waals surface area (Å²) in [6.45, 7) is 20.3. The minimum Gasteiger partial charge on any atom is -0.359 e. The second kappa shape index (κ2) is 17.0. The molecule has 3 N–H and O–H groups in total. The molecule has 1 aliphatic carbocycles. The summed E-state index contributed by atoms with van der Waals surface area (Å²) in [5, 5.41) is 14.2. The third kappa shape index (κ3) is 8.95. The van der Waals surface area contributed by atoms with E-state index in [0.29, 0.717) is 5.92 Å². The van der Waals surface area contributed by atoms with Crippen molar-refractivity contribution in [3.05, 3.63) is 119 Å². The van der Waals surface area contributed by atoms with Gasteiger partial charge in [-0.05, 0) is 130 Å². The summed E-state index contributed by atoms with van der Waals surface area (Å²) in [5.74, 6) is 0.481. The van der Waals surface area contributed by atoms with E-state index in [2.05, 4.69) is 75.4 Å². The van der Waals surface area contributed by atoms with Crippen molar-refractivity contribution >= 4 is 23.1 Å². The molecule has 1 aliphatic heterocycles. The number of aryl methyl sites for hydroxylation is 1. The summed E-state index contributed by atoms with van der Waals surface area (Å²) in [6.07, 6.45) is 25.7. The van der Waals surface area contributed by atoms with E-state index in [-0.39, 0.29) is 5.82 Å². The Morgan fingerprint density at radius 1 is 1.04 bits per heavy atom. The Bertz CT molecular complexity index is 2060. The highest BCUT2D eigenvalue weighted by molar-refractivity contribution is 5.97. The third-order valence-corrected chi connectivity index (χ3v) is 10.4. The second-order valence-corrected chi connectivity index (χ2v) is 14.2. The van der Waals surface area contributed by atoms with Crippen LogP contribution in [0.4, 0.5) is 4.39 Å². The number of hydrogen-bond donors (Lipinski definition) is 3. The van der Waals surface area contributed by atoms with Crippen molar-refractivity contribution in [2.75, 3.05) is 19.6 Å². The standard InChI is InChI=1S/C44H53FN6/c1-6-34(26-37(7-2)47-31(5)22-32-15-10-9-11-16-32)30(4)21-39-41(8-3)49-50-44(39)42-27-38-40(28-46-29-43(38)48-42)35-23-33(24-36(45)25-35)17-14-20-51-18-12-13-19-51/h6-8,21,23-29,32,47-49H,2,4-5,9-20,22H2,1,3H3/b34-6+,37-26+,39-21+,41-8+. The highest BCUT2D eigenvalue weighted by Crippen LogP contribution is 2.32. The van der Waals surface area contributed by atoms with Crippen molar-refractivity contribution in [2.45, 2.75) is 78.1 Å². The summed E-state index contributed by atoms with van der Waals surface area (Å²) in [6, 6.07) is 7.48. The number of rotatable bonds is 14. The number of allylic oxidation sites excluding steroid dienone is 6. The Balaban J connectivity index is 1.26. The first-order chi connectivity index (χ1) is 24.8. The number of H-pyrrole nitrogens is 2. The van der Waals surface area contributed by atoms with Gasteiger partial charge in [-0.25, -0.2) is 4.39 Å². The first-order valence-electron chi connectivity index (χ1n) is 18.7. The Hall–Kier alpha value is -4.75. The molecule has 0 atom stereocenters. The highest BCUT2D eigenvalue weighted by atomic mass is 19.1. The Morgan fingerprint density at radius 2 is 1.84 bits per heavy atom. The fraction of sp³-hybridized carbons (Fsp3) is 0.364. The lowest BCUT2D eigenvalue weighted by Crippen LogP contribution is -2.23. The maximum absolute atomic E-state index is 15.0. The quantitative estimate of drug-likeness (QED) is 0.116. The summed E-state index contributed by atoms with van der Waals surface area (Å²) >= 11 is 0. The number of nitrogens with zero attached hydrogens (tertiary/aromatic N) is 3. The molecule has 1 saturated carbocycles. The van der Waals surface area contributed by atoms with Crippen molar-refractivity contribution in [3.8, 4) is 22.5 Å². The number of halogens is 1. The van der Waals surface area contributed by atoms with Crippen LogP contribution in [0.15, 0.2) is 97.2 Å². The molecule has 0 bridgehead atoms. The lowest BCUT2D eigenvalue weighted by Gasteiger charge is -2.23. The number of aromatic nitrogens is 4. The number of likely N-dealkylation sites (tertiary alicyclic amines) is 1. The van der Waals surface area contributed by atoms with Crippen LogP contribution < -0.4 is 15.9 Å². The van der Waals surface area contributed by atoms with Gasteiger partial charge in [-0.1, -0.05) is 70.1 Å². The van der Waals surface area contributed by atoms with Gasteiger partial charge in [0.2, 0.25) is 0 Å². The van der Waals surface area contributed by atoms with E-state index < -0.39 is 0 Å². The molecule has 7 heteroatoms. The molecule has 1 aromatic carbocycles. The largest absolute Gasteiger partial charge is 0.359 e. The van der Waals surface area contributed by atoms with Gasteiger partial charge in [0, 0.05) is 33.8 Å². The van der Waals surface area contributed by atoms with Gasteiger partial charge in [0.15, 0.2) is 0 Å².